The van der Waals surface area contributed by atoms with Gasteiger partial charge in [0, 0.05) is 55.9 Å². The second kappa shape index (κ2) is 11.3. The Kier molecular flexibility index (Phi) is 8.53. The second-order valence-electron chi connectivity index (χ2n) is 7.92. The van der Waals surface area contributed by atoms with E-state index in [0.29, 0.717) is 13.1 Å². The first-order valence-corrected chi connectivity index (χ1v) is 12.1. The summed E-state index contributed by atoms with van der Waals surface area (Å²) in [6.45, 7) is 10.4. The van der Waals surface area contributed by atoms with Gasteiger partial charge in [-0.25, -0.2) is 0 Å². The summed E-state index contributed by atoms with van der Waals surface area (Å²) in [7, 11) is 1.67. The molecule has 1 saturated heterocycles. The Morgan fingerprint density at radius 3 is 2.28 bits per heavy atom. The molecule has 0 bridgehead atoms. The van der Waals surface area contributed by atoms with E-state index in [0.717, 1.165) is 31.9 Å². The summed E-state index contributed by atoms with van der Waals surface area (Å²) in [4.78, 5) is 32.6. The fourth-order valence-corrected chi connectivity index (χ4v) is 5.22. The van der Waals surface area contributed by atoms with Crippen molar-refractivity contribution in [1.29, 1.82) is 0 Å². The van der Waals surface area contributed by atoms with Crippen molar-refractivity contribution in [2.75, 3.05) is 51.3 Å². The number of carbonyl (C=O) groups is 2. The number of ether oxygens (including phenoxy) is 1. The standard InChI is InChI=1S/C24H34N4O3S/c1-5-26(6-2)24(30)23(29)25-18(3)22(21-8-7-17-32-21)28-15-13-27(14-16-28)19-9-11-20(31-4)12-10-19/h7-12,17-18,22H,5-6,13-16H2,1-4H3,(H,25,29)/t18-,22+/m1/s1. The smallest absolute Gasteiger partial charge is 0.311 e. The summed E-state index contributed by atoms with van der Waals surface area (Å²) in [6, 6.07) is 12.1. The lowest BCUT2D eigenvalue weighted by Crippen LogP contribution is -2.54. The maximum absolute atomic E-state index is 12.6. The minimum absolute atomic E-state index is 0.0291. The predicted octanol–water partition coefficient (Wildman–Crippen LogP) is 2.99. The average molecular weight is 459 g/mol. The molecule has 2 heterocycles. The number of rotatable bonds is 8. The molecule has 1 aromatic carbocycles. The number of methoxy groups -OCH3 is 1. The topological polar surface area (TPSA) is 65.1 Å². The van der Waals surface area contributed by atoms with Crippen molar-refractivity contribution >= 4 is 28.8 Å². The van der Waals surface area contributed by atoms with Gasteiger partial charge in [0.1, 0.15) is 5.75 Å². The first-order valence-electron chi connectivity index (χ1n) is 11.2. The number of thiophene rings is 1. The molecule has 32 heavy (non-hydrogen) atoms. The molecule has 8 heteroatoms. The Hall–Kier alpha value is -2.58. The van der Waals surface area contributed by atoms with Gasteiger partial charge in [-0.05, 0) is 56.5 Å². The highest BCUT2D eigenvalue weighted by molar-refractivity contribution is 7.10. The zero-order valence-electron chi connectivity index (χ0n) is 19.4. The third-order valence-corrected chi connectivity index (χ3v) is 7.00. The lowest BCUT2D eigenvalue weighted by atomic mass is 10.0. The quantitative estimate of drug-likeness (QED) is 0.616. The number of hydrogen-bond donors (Lipinski definition) is 1. The molecule has 0 aliphatic carbocycles. The molecule has 1 N–H and O–H groups in total. The average Bonchev–Trinajstić information content (AvgIpc) is 3.34. The van der Waals surface area contributed by atoms with Crippen LogP contribution in [0, 0.1) is 0 Å². The molecule has 1 aromatic heterocycles. The Labute approximate surface area is 194 Å². The molecule has 174 valence electrons. The monoisotopic (exact) mass is 458 g/mol. The van der Waals surface area contributed by atoms with Gasteiger partial charge in [0.05, 0.1) is 13.2 Å². The Morgan fingerprint density at radius 1 is 1.09 bits per heavy atom. The van der Waals surface area contributed by atoms with Gasteiger partial charge >= 0.3 is 11.8 Å². The van der Waals surface area contributed by atoms with Gasteiger partial charge in [-0.2, -0.15) is 0 Å². The van der Waals surface area contributed by atoms with Crippen LogP contribution in [0.2, 0.25) is 0 Å². The third kappa shape index (κ3) is 5.61. The van der Waals surface area contributed by atoms with Crippen molar-refractivity contribution in [3.8, 4) is 5.75 Å². The van der Waals surface area contributed by atoms with Crippen LogP contribution < -0.4 is 15.0 Å². The SMILES string of the molecule is CCN(CC)C(=O)C(=O)N[C@H](C)[C@@H](c1cccs1)N1CCN(c2ccc(OC)cc2)CC1. The predicted molar refractivity (Wildman–Crippen MR) is 129 cm³/mol. The summed E-state index contributed by atoms with van der Waals surface area (Å²) < 4.78 is 5.26. The van der Waals surface area contributed by atoms with Crippen molar-refractivity contribution in [2.45, 2.75) is 32.9 Å². The largest absolute Gasteiger partial charge is 0.497 e. The number of nitrogens with zero attached hydrogens (tertiary/aromatic N) is 3. The zero-order chi connectivity index (χ0) is 23.1. The Balaban J connectivity index is 1.67. The molecular weight excluding hydrogens is 424 g/mol. The van der Waals surface area contributed by atoms with E-state index < -0.39 is 11.8 Å². The Morgan fingerprint density at radius 2 is 1.75 bits per heavy atom. The molecule has 1 aliphatic heterocycles. The first kappa shape index (κ1) is 24.1. The summed E-state index contributed by atoms with van der Waals surface area (Å²) >= 11 is 1.69. The minimum Gasteiger partial charge on any atom is -0.497 e. The van der Waals surface area contributed by atoms with Crippen molar-refractivity contribution in [3.63, 3.8) is 0 Å². The number of likely N-dealkylation sites (N-methyl/N-ethyl adjacent to an activating group) is 1. The van der Waals surface area contributed by atoms with Gasteiger partial charge < -0.3 is 19.9 Å². The van der Waals surface area contributed by atoms with Crippen molar-refractivity contribution in [2.24, 2.45) is 0 Å². The lowest BCUT2D eigenvalue weighted by Gasteiger charge is -2.42. The van der Waals surface area contributed by atoms with Crippen LogP contribution in [-0.4, -0.2) is 74.0 Å². The molecule has 1 fully saturated rings. The van der Waals surface area contributed by atoms with E-state index in [-0.39, 0.29) is 12.1 Å². The van der Waals surface area contributed by atoms with E-state index in [9.17, 15) is 9.59 Å². The van der Waals surface area contributed by atoms with E-state index in [1.54, 1.807) is 23.3 Å². The zero-order valence-corrected chi connectivity index (χ0v) is 20.2. The number of carbonyl (C=O) groups excluding carboxylic acids is 2. The van der Waals surface area contributed by atoms with E-state index in [4.69, 9.17) is 4.74 Å². The molecule has 2 amide bonds. The van der Waals surface area contributed by atoms with Crippen molar-refractivity contribution in [1.82, 2.24) is 15.1 Å². The van der Waals surface area contributed by atoms with E-state index in [2.05, 4.69) is 38.7 Å². The van der Waals surface area contributed by atoms with E-state index in [1.165, 1.54) is 10.6 Å². The van der Waals surface area contributed by atoms with Crippen LogP contribution in [0.3, 0.4) is 0 Å². The molecule has 0 saturated carbocycles. The molecule has 7 nitrogen and oxygen atoms in total. The highest BCUT2D eigenvalue weighted by Crippen LogP contribution is 2.30. The van der Waals surface area contributed by atoms with Gasteiger partial charge in [-0.3, -0.25) is 14.5 Å². The van der Waals surface area contributed by atoms with E-state index >= 15 is 0 Å². The first-order chi connectivity index (χ1) is 15.5. The fraction of sp³-hybridized carbons (Fsp3) is 0.500. The van der Waals surface area contributed by atoms with Crippen molar-refractivity contribution in [3.05, 3.63) is 46.7 Å². The number of benzene rings is 1. The minimum atomic E-state index is -0.528. The Bertz CT molecular complexity index is 860. The van der Waals surface area contributed by atoms with Crippen LogP contribution in [0.1, 0.15) is 31.7 Å². The molecule has 2 atom stereocenters. The van der Waals surface area contributed by atoms with Crippen LogP contribution in [0.5, 0.6) is 5.75 Å². The highest BCUT2D eigenvalue weighted by Gasteiger charge is 2.32. The van der Waals surface area contributed by atoms with Crippen molar-refractivity contribution < 1.29 is 14.3 Å². The van der Waals surface area contributed by atoms with Gasteiger partial charge in [0.2, 0.25) is 0 Å². The summed E-state index contributed by atoms with van der Waals surface area (Å²) in [6.07, 6.45) is 0. The van der Waals surface area contributed by atoms with Gasteiger partial charge in [0.15, 0.2) is 0 Å². The van der Waals surface area contributed by atoms with Crippen LogP contribution in [-0.2, 0) is 9.59 Å². The van der Waals surface area contributed by atoms with Crippen LogP contribution in [0.25, 0.3) is 0 Å². The normalized spacial score (nSPS) is 16.3. The van der Waals surface area contributed by atoms with Gasteiger partial charge in [0.25, 0.3) is 0 Å². The number of amides is 2. The molecule has 3 rings (SSSR count). The number of anilines is 1. The van der Waals surface area contributed by atoms with E-state index in [1.807, 2.05) is 39.0 Å². The summed E-state index contributed by atoms with van der Waals surface area (Å²) in [5.41, 5.74) is 1.18. The number of hydrogen-bond acceptors (Lipinski definition) is 6. The molecule has 0 unspecified atom stereocenters. The molecule has 0 radical (unpaired) electrons. The summed E-state index contributed by atoms with van der Waals surface area (Å²) in [5, 5.41) is 5.04. The third-order valence-electron chi connectivity index (χ3n) is 6.06. The number of piperazine rings is 1. The lowest BCUT2D eigenvalue weighted by molar-refractivity contribution is -0.146. The molecule has 0 spiro atoms. The maximum atomic E-state index is 12.6. The molecule has 1 aliphatic rings. The molecular formula is C24H34N4O3S. The number of nitrogens with one attached hydrogen (secondary N) is 1. The summed E-state index contributed by atoms with van der Waals surface area (Å²) in [5.74, 6) is -0.135. The van der Waals surface area contributed by atoms with Crippen LogP contribution in [0.4, 0.5) is 5.69 Å². The second-order valence-corrected chi connectivity index (χ2v) is 8.90. The highest BCUT2D eigenvalue weighted by atomic mass is 32.1. The maximum Gasteiger partial charge on any atom is 0.311 e. The van der Waals surface area contributed by atoms with Gasteiger partial charge in [-0.15, -0.1) is 11.3 Å². The van der Waals surface area contributed by atoms with Crippen LogP contribution in [0.15, 0.2) is 41.8 Å². The fourth-order valence-electron chi connectivity index (χ4n) is 4.26. The molecule has 2 aromatic rings. The van der Waals surface area contributed by atoms with Crippen LogP contribution >= 0.6 is 11.3 Å². The van der Waals surface area contributed by atoms with Gasteiger partial charge in [-0.1, -0.05) is 6.07 Å².